The van der Waals surface area contributed by atoms with Crippen molar-refractivity contribution in [1.82, 2.24) is 0 Å². The summed E-state index contributed by atoms with van der Waals surface area (Å²) in [4.78, 5) is 21.2. The maximum Gasteiger partial charge on any atom is 0.331 e. The van der Waals surface area contributed by atoms with Gasteiger partial charge in [-0.05, 0) is 19.3 Å². The molecule has 0 aliphatic carbocycles. The molecule has 0 radical (unpaired) electrons. The first-order valence-corrected chi connectivity index (χ1v) is 4.68. The van der Waals surface area contributed by atoms with Crippen LogP contribution in [-0.2, 0) is 9.59 Å². The maximum absolute atomic E-state index is 10.8. The van der Waals surface area contributed by atoms with Crippen molar-refractivity contribution in [3.63, 3.8) is 0 Å². The summed E-state index contributed by atoms with van der Waals surface area (Å²) < 4.78 is 0. The molecule has 4 heteroatoms. The highest BCUT2D eigenvalue weighted by atomic mass is 16.4. The Hall–Kier alpha value is -1.58. The highest BCUT2D eigenvalue weighted by molar-refractivity contribution is 5.89. The molecule has 0 rings (SSSR count). The van der Waals surface area contributed by atoms with Crippen LogP contribution in [0.15, 0.2) is 23.3 Å². The summed E-state index contributed by atoms with van der Waals surface area (Å²) in [6, 6.07) is 0. The zero-order valence-electron chi connectivity index (χ0n) is 9.15. The van der Waals surface area contributed by atoms with Crippen LogP contribution in [0.5, 0.6) is 0 Å². The van der Waals surface area contributed by atoms with Crippen molar-refractivity contribution in [1.29, 1.82) is 0 Å². The van der Waals surface area contributed by atoms with Crippen molar-refractivity contribution in [2.24, 2.45) is 5.92 Å². The van der Waals surface area contributed by atoms with E-state index in [0.717, 1.165) is 0 Å². The van der Waals surface area contributed by atoms with E-state index in [9.17, 15) is 9.59 Å². The second kappa shape index (κ2) is 6.01. The van der Waals surface area contributed by atoms with Gasteiger partial charge in [0.05, 0.1) is 0 Å². The fourth-order valence-corrected chi connectivity index (χ4v) is 0.963. The molecule has 0 aliphatic rings. The highest BCUT2D eigenvalue weighted by Gasteiger charge is 2.08. The van der Waals surface area contributed by atoms with Crippen molar-refractivity contribution in [2.45, 2.75) is 27.2 Å². The average Bonchev–Trinajstić information content (AvgIpc) is 2.10. The van der Waals surface area contributed by atoms with E-state index in [1.54, 1.807) is 0 Å². The standard InChI is InChI=1S/C11H16O4/c1-7(2)6-9(11(14)15)5-4-8(3)10(12)13/h4-5,7H,6H2,1-3H3,(H,12,13)(H,14,15). The lowest BCUT2D eigenvalue weighted by Crippen LogP contribution is -2.04. The first-order valence-electron chi connectivity index (χ1n) is 4.68. The van der Waals surface area contributed by atoms with Gasteiger partial charge in [-0.3, -0.25) is 0 Å². The van der Waals surface area contributed by atoms with Gasteiger partial charge in [0.1, 0.15) is 0 Å². The first-order chi connectivity index (χ1) is 6.84. The molecule has 0 aromatic heterocycles. The van der Waals surface area contributed by atoms with Gasteiger partial charge in [0.15, 0.2) is 0 Å². The number of aliphatic carboxylic acids is 2. The Morgan fingerprint density at radius 3 is 2.00 bits per heavy atom. The third-order valence-electron chi connectivity index (χ3n) is 1.77. The number of hydrogen-bond acceptors (Lipinski definition) is 2. The van der Waals surface area contributed by atoms with Gasteiger partial charge in [0, 0.05) is 11.1 Å². The van der Waals surface area contributed by atoms with Gasteiger partial charge in [-0.1, -0.05) is 26.0 Å². The van der Waals surface area contributed by atoms with Gasteiger partial charge >= 0.3 is 11.9 Å². The normalized spacial score (nSPS) is 13.1. The molecule has 4 nitrogen and oxygen atoms in total. The number of carbonyl (C=O) groups is 2. The molecule has 0 saturated carbocycles. The Bertz CT molecular complexity index is 311. The van der Waals surface area contributed by atoms with Crippen LogP contribution in [0, 0.1) is 5.92 Å². The Balaban J connectivity index is 4.78. The molecule has 0 fully saturated rings. The van der Waals surface area contributed by atoms with E-state index in [-0.39, 0.29) is 17.1 Å². The molecule has 0 spiro atoms. The Morgan fingerprint density at radius 2 is 1.67 bits per heavy atom. The molecule has 0 bridgehead atoms. The summed E-state index contributed by atoms with van der Waals surface area (Å²) in [5.41, 5.74) is 0.350. The van der Waals surface area contributed by atoms with E-state index in [2.05, 4.69) is 0 Å². The number of carboxylic acid groups (broad SMARTS) is 2. The second-order valence-corrected chi connectivity index (χ2v) is 3.75. The van der Waals surface area contributed by atoms with Gasteiger partial charge in [0.25, 0.3) is 0 Å². The Labute approximate surface area is 88.9 Å². The van der Waals surface area contributed by atoms with Crippen LogP contribution in [0.1, 0.15) is 27.2 Å². The fourth-order valence-electron chi connectivity index (χ4n) is 0.963. The monoisotopic (exact) mass is 212 g/mol. The van der Waals surface area contributed by atoms with Gasteiger partial charge < -0.3 is 10.2 Å². The maximum atomic E-state index is 10.8. The van der Waals surface area contributed by atoms with Gasteiger partial charge in [-0.2, -0.15) is 0 Å². The van der Waals surface area contributed by atoms with E-state index in [4.69, 9.17) is 10.2 Å². The summed E-state index contributed by atoms with van der Waals surface area (Å²) in [7, 11) is 0. The highest BCUT2D eigenvalue weighted by Crippen LogP contribution is 2.11. The van der Waals surface area contributed by atoms with Crippen LogP contribution < -0.4 is 0 Å². The third-order valence-corrected chi connectivity index (χ3v) is 1.77. The predicted octanol–water partition coefficient (Wildman–Crippen LogP) is 2.07. The molecule has 0 amide bonds. The first kappa shape index (κ1) is 13.4. The predicted molar refractivity (Wildman–Crippen MR) is 56.6 cm³/mol. The van der Waals surface area contributed by atoms with Crippen molar-refractivity contribution < 1.29 is 19.8 Å². The molecule has 0 atom stereocenters. The minimum Gasteiger partial charge on any atom is -0.478 e. The summed E-state index contributed by atoms with van der Waals surface area (Å²) in [5, 5.41) is 17.4. The number of allylic oxidation sites excluding steroid dienone is 2. The smallest absolute Gasteiger partial charge is 0.331 e. The lowest BCUT2D eigenvalue weighted by molar-refractivity contribution is -0.133. The minimum absolute atomic E-state index is 0.123. The summed E-state index contributed by atoms with van der Waals surface area (Å²) in [6.07, 6.45) is 3.10. The Kier molecular flexibility index (Phi) is 5.37. The summed E-state index contributed by atoms with van der Waals surface area (Å²) >= 11 is 0. The zero-order chi connectivity index (χ0) is 12.0. The zero-order valence-corrected chi connectivity index (χ0v) is 9.15. The molecular formula is C11H16O4. The average molecular weight is 212 g/mol. The van der Waals surface area contributed by atoms with Gasteiger partial charge in [0.2, 0.25) is 0 Å². The lowest BCUT2D eigenvalue weighted by Gasteiger charge is -2.04. The van der Waals surface area contributed by atoms with Crippen molar-refractivity contribution in [3.05, 3.63) is 23.3 Å². The Morgan fingerprint density at radius 1 is 1.13 bits per heavy atom. The van der Waals surface area contributed by atoms with E-state index in [0.29, 0.717) is 6.42 Å². The number of rotatable bonds is 5. The van der Waals surface area contributed by atoms with Crippen LogP contribution in [-0.4, -0.2) is 22.2 Å². The quantitative estimate of drug-likeness (QED) is 0.540. The van der Waals surface area contributed by atoms with Crippen LogP contribution in [0.3, 0.4) is 0 Å². The minimum atomic E-state index is -1.04. The molecular weight excluding hydrogens is 196 g/mol. The van der Waals surface area contributed by atoms with Crippen LogP contribution in [0.4, 0.5) is 0 Å². The molecule has 0 heterocycles. The molecule has 0 saturated heterocycles. The van der Waals surface area contributed by atoms with Crippen LogP contribution in [0.25, 0.3) is 0 Å². The lowest BCUT2D eigenvalue weighted by atomic mass is 10.0. The second-order valence-electron chi connectivity index (χ2n) is 3.75. The molecule has 0 aliphatic heterocycles. The van der Waals surface area contributed by atoms with E-state index in [1.807, 2.05) is 13.8 Å². The van der Waals surface area contributed by atoms with Crippen LogP contribution in [0.2, 0.25) is 0 Å². The van der Waals surface area contributed by atoms with Crippen molar-refractivity contribution in [3.8, 4) is 0 Å². The number of carboxylic acids is 2. The van der Waals surface area contributed by atoms with Gasteiger partial charge in [-0.15, -0.1) is 0 Å². The molecule has 2 N–H and O–H groups in total. The van der Waals surface area contributed by atoms with Crippen molar-refractivity contribution >= 4 is 11.9 Å². The molecule has 84 valence electrons. The summed E-state index contributed by atoms with van der Waals surface area (Å²) in [6.45, 7) is 5.24. The summed E-state index contributed by atoms with van der Waals surface area (Å²) in [5.74, 6) is -1.82. The number of hydrogen-bond donors (Lipinski definition) is 2. The van der Waals surface area contributed by atoms with E-state index >= 15 is 0 Å². The SMILES string of the molecule is CC(=CC=C(CC(C)C)C(=O)O)C(=O)O. The molecule has 0 aromatic rings. The molecule has 0 aromatic carbocycles. The van der Waals surface area contributed by atoms with Crippen LogP contribution >= 0.6 is 0 Å². The van der Waals surface area contributed by atoms with E-state index < -0.39 is 11.9 Å². The molecule has 15 heavy (non-hydrogen) atoms. The van der Waals surface area contributed by atoms with Crippen molar-refractivity contribution in [2.75, 3.05) is 0 Å². The largest absolute Gasteiger partial charge is 0.478 e. The van der Waals surface area contributed by atoms with Gasteiger partial charge in [-0.25, -0.2) is 9.59 Å². The third kappa shape index (κ3) is 5.67. The molecule has 0 unspecified atom stereocenters. The fraction of sp³-hybridized carbons (Fsp3) is 0.455. The van der Waals surface area contributed by atoms with E-state index in [1.165, 1.54) is 19.1 Å². The topological polar surface area (TPSA) is 74.6 Å².